The predicted octanol–water partition coefficient (Wildman–Crippen LogP) is 5.38. The van der Waals surface area contributed by atoms with Crippen LogP contribution >= 0.6 is 11.6 Å². The second-order valence-corrected chi connectivity index (χ2v) is 9.32. The van der Waals surface area contributed by atoms with Crippen LogP contribution < -0.4 is 9.64 Å². The normalized spacial score (nSPS) is 14.4. The number of ether oxygens (including phenoxy) is 1. The lowest BCUT2D eigenvalue weighted by Crippen LogP contribution is -2.47. The van der Waals surface area contributed by atoms with Gasteiger partial charge in [-0.05, 0) is 49.2 Å². The number of fused-ring (bicyclic) bond motifs is 3. The first-order valence-corrected chi connectivity index (χ1v) is 12.2. The summed E-state index contributed by atoms with van der Waals surface area (Å²) in [7, 11) is 1.69. The zero-order chi connectivity index (χ0) is 24.5. The molecule has 1 fully saturated rings. The van der Waals surface area contributed by atoms with Gasteiger partial charge in [-0.1, -0.05) is 29.8 Å². The summed E-state index contributed by atoms with van der Waals surface area (Å²) >= 11 is 6.25. The second-order valence-electron chi connectivity index (χ2n) is 8.89. The number of para-hydroxylation sites is 2. The number of hydrogen-bond donors (Lipinski definition) is 0. The van der Waals surface area contributed by atoms with E-state index >= 15 is 0 Å². The van der Waals surface area contributed by atoms with Crippen molar-refractivity contribution in [3.05, 3.63) is 82.4 Å². The number of rotatable bonds is 6. The lowest BCUT2D eigenvalue weighted by molar-refractivity contribution is 0.245. The van der Waals surface area contributed by atoms with Crippen molar-refractivity contribution in [3.8, 4) is 11.8 Å². The van der Waals surface area contributed by atoms with Crippen molar-refractivity contribution >= 4 is 34.1 Å². The Morgan fingerprint density at radius 3 is 2.66 bits per heavy atom. The van der Waals surface area contributed by atoms with E-state index in [2.05, 4.69) is 32.9 Å². The molecule has 4 aromatic rings. The zero-order valence-corrected chi connectivity index (χ0v) is 20.8. The van der Waals surface area contributed by atoms with Gasteiger partial charge in [0, 0.05) is 48.9 Å². The molecule has 0 bridgehead atoms. The Labute approximate surface area is 210 Å². The topological polar surface area (TPSA) is 56.8 Å². The number of aromatic nitrogens is 2. The quantitative estimate of drug-likeness (QED) is 0.343. The Morgan fingerprint density at radius 2 is 1.94 bits per heavy atom. The van der Waals surface area contributed by atoms with Crippen molar-refractivity contribution in [2.24, 2.45) is 0 Å². The highest BCUT2D eigenvalue weighted by Crippen LogP contribution is 2.34. The fraction of sp³-hybridized carbons (Fsp3) is 0.286. The highest BCUT2D eigenvalue weighted by molar-refractivity contribution is 6.30. The fourth-order valence-electron chi connectivity index (χ4n) is 5.11. The van der Waals surface area contributed by atoms with Crippen LogP contribution in [-0.4, -0.2) is 47.6 Å². The third-order valence-corrected chi connectivity index (χ3v) is 7.10. The van der Waals surface area contributed by atoms with Crippen molar-refractivity contribution in [1.29, 1.82) is 5.26 Å². The molecule has 6 nitrogen and oxygen atoms in total. The molecule has 35 heavy (non-hydrogen) atoms. The van der Waals surface area contributed by atoms with Crippen molar-refractivity contribution in [3.63, 3.8) is 0 Å². The molecule has 0 amide bonds. The molecule has 5 rings (SSSR count). The lowest BCUT2D eigenvalue weighted by Gasteiger charge is -2.38. The van der Waals surface area contributed by atoms with Crippen LogP contribution in [-0.2, 0) is 13.0 Å². The van der Waals surface area contributed by atoms with Gasteiger partial charge in [0.05, 0.1) is 23.7 Å². The first-order valence-electron chi connectivity index (χ1n) is 11.8. The van der Waals surface area contributed by atoms with Crippen LogP contribution in [0.4, 0.5) is 5.82 Å². The highest BCUT2D eigenvalue weighted by Gasteiger charge is 2.26. The minimum absolute atomic E-state index is 0.633. The van der Waals surface area contributed by atoms with Crippen molar-refractivity contribution in [2.75, 3.05) is 38.2 Å². The van der Waals surface area contributed by atoms with Gasteiger partial charge in [0.2, 0.25) is 0 Å². The molecule has 1 saturated heterocycles. The van der Waals surface area contributed by atoms with E-state index in [1.165, 1.54) is 0 Å². The number of anilines is 1. The number of imidazole rings is 1. The minimum atomic E-state index is 0.633. The number of hydrogen-bond acceptors (Lipinski definition) is 5. The number of methoxy groups -OCH3 is 1. The minimum Gasteiger partial charge on any atom is -0.496 e. The zero-order valence-electron chi connectivity index (χ0n) is 20.1. The molecule has 1 aliphatic heterocycles. The van der Waals surface area contributed by atoms with Crippen LogP contribution in [0.25, 0.3) is 16.7 Å². The maximum absolute atomic E-state index is 10.0. The molecular weight excluding hydrogens is 458 g/mol. The Morgan fingerprint density at radius 1 is 1.17 bits per heavy atom. The standard InChI is InChI=1S/C28H28ClN5O/c1-4-7-22-19(2)23(17-30)27-31-24-8-5-6-9-25(24)34(27)28(22)33-14-12-32(13-15-33)18-20-16-21(29)10-11-26(20)35-3/h4-6,8-11,16H,1,7,12-15,18H2,2-3H3. The van der Waals surface area contributed by atoms with Crippen molar-refractivity contribution < 1.29 is 4.74 Å². The SMILES string of the molecule is C=CCc1c(C)c(C#N)c2nc3ccccc3n2c1N1CCN(Cc2cc(Cl)ccc2OC)CC1. The average Bonchev–Trinajstić information content (AvgIpc) is 3.24. The summed E-state index contributed by atoms with van der Waals surface area (Å²) in [6.07, 6.45) is 2.61. The van der Waals surface area contributed by atoms with Crippen LogP contribution in [0.2, 0.25) is 5.02 Å². The van der Waals surface area contributed by atoms with Gasteiger partial charge < -0.3 is 9.64 Å². The van der Waals surface area contributed by atoms with Gasteiger partial charge in [-0.15, -0.1) is 6.58 Å². The van der Waals surface area contributed by atoms with Gasteiger partial charge in [0.25, 0.3) is 0 Å². The second kappa shape index (κ2) is 9.61. The molecule has 0 aliphatic carbocycles. The van der Waals surface area contributed by atoms with Gasteiger partial charge in [0.1, 0.15) is 17.6 Å². The molecule has 178 valence electrons. The predicted molar refractivity (Wildman–Crippen MR) is 142 cm³/mol. The molecule has 7 heteroatoms. The summed E-state index contributed by atoms with van der Waals surface area (Å²) in [5, 5.41) is 10.7. The monoisotopic (exact) mass is 485 g/mol. The van der Waals surface area contributed by atoms with Crippen molar-refractivity contribution in [2.45, 2.75) is 19.9 Å². The molecule has 0 saturated carbocycles. The molecule has 0 radical (unpaired) electrons. The molecule has 0 unspecified atom stereocenters. The van der Waals surface area contributed by atoms with E-state index in [9.17, 15) is 5.26 Å². The third-order valence-electron chi connectivity index (χ3n) is 6.86. The number of pyridine rings is 1. The Bertz CT molecular complexity index is 1460. The van der Waals surface area contributed by atoms with Crippen LogP contribution in [0.1, 0.15) is 22.3 Å². The fourth-order valence-corrected chi connectivity index (χ4v) is 5.31. The van der Waals surface area contributed by atoms with Crippen LogP contribution in [0.5, 0.6) is 5.75 Å². The van der Waals surface area contributed by atoms with Crippen molar-refractivity contribution in [1.82, 2.24) is 14.3 Å². The summed E-state index contributed by atoms with van der Waals surface area (Å²) in [4.78, 5) is 9.71. The molecular formula is C28H28ClN5O. The smallest absolute Gasteiger partial charge is 0.157 e. The number of nitriles is 1. The number of piperazine rings is 1. The number of allylic oxidation sites excluding steroid dienone is 1. The van der Waals surface area contributed by atoms with Crippen LogP contribution in [0.3, 0.4) is 0 Å². The summed E-state index contributed by atoms with van der Waals surface area (Å²) in [5.74, 6) is 1.98. The average molecular weight is 486 g/mol. The summed E-state index contributed by atoms with van der Waals surface area (Å²) in [5.41, 5.74) is 6.48. The van der Waals surface area contributed by atoms with E-state index in [4.69, 9.17) is 21.3 Å². The van der Waals surface area contributed by atoms with Crippen LogP contribution in [0.15, 0.2) is 55.1 Å². The lowest BCUT2D eigenvalue weighted by atomic mass is 10.0. The van der Waals surface area contributed by atoms with Gasteiger partial charge in [0.15, 0.2) is 5.65 Å². The maximum atomic E-state index is 10.0. The van der Waals surface area contributed by atoms with E-state index in [0.29, 0.717) is 12.0 Å². The number of halogens is 1. The molecule has 0 atom stereocenters. The Kier molecular flexibility index (Phi) is 6.38. The maximum Gasteiger partial charge on any atom is 0.157 e. The molecule has 1 aliphatic rings. The van der Waals surface area contributed by atoms with E-state index in [1.807, 2.05) is 49.4 Å². The molecule has 0 N–H and O–H groups in total. The molecule has 2 aromatic carbocycles. The van der Waals surface area contributed by atoms with Crippen LogP contribution in [0, 0.1) is 18.3 Å². The van der Waals surface area contributed by atoms with Gasteiger partial charge in [-0.25, -0.2) is 4.98 Å². The largest absolute Gasteiger partial charge is 0.496 e. The molecule has 2 aromatic heterocycles. The first-order chi connectivity index (χ1) is 17.0. The number of nitrogens with zero attached hydrogens (tertiary/aromatic N) is 5. The Hall–Kier alpha value is -3.53. The molecule has 3 heterocycles. The summed E-state index contributed by atoms with van der Waals surface area (Å²) in [6, 6.07) is 16.3. The number of benzene rings is 2. The summed E-state index contributed by atoms with van der Waals surface area (Å²) < 4.78 is 7.72. The first kappa shape index (κ1) is 23.2. The van der Waals surface area contributed by atoms with E-state index in [-0.39, 0.29) is 0 Å². The molecule has 0 spiro atoms. The highest BCUT2D eigenvalue weighted by atomic mass is 35.5. The Balaban J connectivity index is 1.53. The van der Waals surface area contributed by atoms with Gasteiger partial charge in [-0.2, -0.15) is 5.26 Å². The van der Waals surface area contributed by atoms with Gasteiger partial charge in [-0.3, -0.25) is 9.30 Å². The van der Waals surface area contributed by atoms with E-state index < -0.39 is 0 Å². The van der Waals surface area contributed by atoms with E-state index in [1.54, 1.807) is 7.11 Å². The third kappa shape index (κ3) is 4.12. The van der Waals surface area contributed by atoms with Gasteiger partial charge >= 0.3 is 0 Å². The van der Waals surface area contributed by atoms with E-state index in [0.717, 1.165) is 82.7 Å². The summed E-state index contributed by atoms with van der Waals surface area (Å²) in [6.45, 7) is 10.3.